The van der Waals surface area contributed by atoms with Crippen LogP contribution in [-0.4, -0.2) is 24.8 Å². The summed E-state index contributed by atoms with van der Waals surface area (Å²) in [6.45, 7) is 0. The Morgan fingerprint density at radius 3 is 0.979 bits per heavy atom. The van der Waals surface area contributed by atoms with Gasteiger partial charge < -0.3 is 20.4 Å². The minimum absolute atomic E-state index is 0.0880. The number of hydrogen-bond donors (Lipinski definition) is 4. The van der Waals surface area contributed by atoms with E-state index < -0.39 is 0 Å². The van der Waals surface area contributed by atoms with E-state index in [9.17, 15) is 10.2 Å². The van der Waals surface area contributed by atoms with Crippen molar-refractivity contribution in [3.05, 3.63) is 47.5 Å². The summed E-state index contributed by atoms with van der Waals surface area (Å²) in [4.78, 5) is 0. The van der Waals surface area contributed by atoms with Crippen LogP contribution in [0.3, 0.4) is 0 Å². The fourth-order valence-corrected chi connectivity index (χ4v) is 16.2. The van der Waals surface area contributed by atoms with E-state index in [0.29, 0.717) is 15.8 Å². The summed E-state index contributed by atoms with van der Waals surface area (Å²) in [6.07, 6.45) is 25.4. The molecule has 12 aliphatic carbocycles. The monoisotopic (exact) mass is 702 g/mol. The standard InChI is InChI=1S/C26H34O2.C10H15Br.C6H6O2/c27-23-8-24(28)22(26-12-18-4-19(13-26)6-20(5-18)14-26)7-21(23)25-9-15-1-16(10-25)3-17(2-15)11-25;11-10-4-7-1-8(5-10)3-9(2-7)6-10;7-5-2-1-3-6(8)4-5/h7-8,15-20,27-28H,1-6,9-14H2;7-9H,1-6H2;1-4,7-8H. The maximum atomic E-state index is 11.0. The summed E-state index contributed by atoms with van der Waals surface area (Å²) in [5.74, 6) is 9.50. The molecule has 47 heavy (non-hydrogen) atoms. The third kappa shape index (κ3) is 5.71. The Kier molecular flexibility index (Phi) is 7.50. The fourth-order valence-electron chi connectivity index (χ4n) is 14.8. The average molecular weight is 704 g/mol. The number of alkyl halides is 1. The zero-order valence-corrected chi connectivity index (χ0v) is 29.6. The molecule has 2 aromatic rings. The normalized spacial score (nSPS) is 45.7. The Morgan fingerprint density at radius 1 is 0.426 bits per heavy atom. The number of rotatable bonds is 2. The fraction of sp³-hybridized carbons (Fsp3) is 0.714. The van der Waals surface area contributed by atoms with Crippen LogP contribution in [0.2, 0.25) is 0 Å². The van der Waals surface area contributed by atoms with Crippen LogP contribution >= 0.6 is 15.9 Å². The Bertz CT molecular complexity index is 1320. The summed E-state index contributed by atoms with van der Waals surface area (Å²) >= 11 is 3.96. The van der Waals surface area contributed by atoms with Gasteiger partial charge in [-0.3, -0.25) is 0 Å². The van der Waals surface area contributed by atoms with Crippen LogP contribution in [0.5, 0.6) is 23.0 Å². The first-order chi connectivity index (χ1) is 22.5. The first kappa shape index (κ1) is 31.1. The number of aromatic hydroxyl groups is 4. The summed E-state index contributed by atoms with van der Waals surface area (Å²) in [5, 5.41) is 39.3. The van der Waals surface area contributed by atoms with Crippen molar-refractivity contribution < 1.29 is 20.4 Å². The molecule has 5 heteroatoms. The number of phenolic OH excluding ortho intramolecular Hbond substituents is 4. The van der Waals surface area contributed by atoms with E-state index >= 15 is 0 Å². The van der Waals surface area contributed by atoms with Gasteiger partial charge in [-0.2, -0.15) is 0 Å². The molecule has 0 unspecified atom stereocenters. The van der Waals surface area contributed by atoms with Gasteiger partial charge >= 0.3 is 0 Å². The first-order valence-electron chi connectivity index (χ1n) is 19.3. The minimum atomic E-state index is 0.0880. The van der Waals surface area contributed by atoms with Crippen molar-refractivity contribution >= 4 is 15.9 Å². The SMILES string of the molecule is BrC12CC3CC(CC(C3)C1)C2.Oc1cc(O)c(C23CC4CC(CC(C4)C2)C3)cc1C12CC3CC(CC(C3)C1)C2.Oc1cccc(O)c1. The molecular formula is C42H55BrO4. The molecule has 12 bridgehead atoms. The van der Waals surface area contributed by atoms with Gasteiger partial charge in [-0.1, -0.05) is 22.0 Å². The Balaban J connectivity index is 0.000000130. The number of benzene rings is 2. The smallest absolute Gasteiger partial charge is 0.123 e. The van der Waals surface area contributed by atoms with Gasteiger partial charge in [0.1, 0.15) is 23.0 Å². The van der Waals surface area contributed by atoms with Crippen molar-refractivity contribution in [2.24, 2.45) is 53.3 Å². The van der Waals surface area contributed by atoms with E-state index in [0.717, 1.165) is 53.3 Å². The van der Waals surface area contributed by atoms with Crippen LogP contribution in [0.4, 0.5) is 0 Å². The lowest BCUT2D eigenvalue weighted by Gasteiger charge is -2.58. The van der Waals surface area contributed by atoms with Crippen LogP contribution in [-0.2, 0) is 10.8 Å². The van der Waals surface area contributed by atoms with Crippen LogP contribution < -0.4 is 0 Å². The van der Waals surface area contributed by atoms with Crippen LogP contribution in [0.25, 0.3) is 0 Å². The zero-order valence-electron chi connectivity index (χ0n) is 28.1. The molecule has 0 atom stereocenters. The second kappa shape index (κ2) is 11.3. The van der Waals surface area contributed by atoms with Crippen LogP contribution in [0.15, 0.2) is 36.4 Å². The first-order valence-corrected chi connectivity index (χ1v) is 20.1. The minimum Gasteiger partial charge on any atom is -0.508 e. The van der Waals surface area contributed by atoms with Crippen molar-refractivity contribution in [2.75, 3.05) is 0 Å². The zero-order chi connectivity index (χ0) is 32.1. The second-order valence-corrected chi connectivity index (χ2v) is 20.6. The molecule has 12 saturated carbocycles. The van der Waals surface area contributed by atoms with Gasteiger partial charge in [0.25, 0.3) is 0 Å². The van der Waals surface area contributed by atoms with Crippen molar-refractivity contribution in [1.29, 1.82) is 0 Å². The van der Waals surface area contributed by atoms with Gasteiger partial charge in [-0.15, -0.1) is 0 Å². The van der Waals surface area contributed by atoms with Gasteiger partial charge in [-0.25, -0.2) is 0 Å². The molecule has 12 fully saturated rings. The summed E-state index contributed by atoms with van der Waals surface area (Å²) in [6, 6.07) is 9.93. The maximum absolute atomic E-state index is 11.0. The lowest BCUT2D eigenvalue weighted by Crippen LogP contribution is -2.50. The summed E-state index contributed by atoms with van der Waals surface area (Å²) in [5.41, 5.74) is 2.83. The van der Waals surface area contributed by atoms with E-state index in [4.69, 9.17) is 10.2 Å². The molecule has 14 rings (SSSR count). The van der Waals surface area contributed by atoms with E-state index in [1.807, 2.05) is 0 Å². The number of hydrogen-bond acceptors (Lipinski definition) is 4. The molecule has 0 aliphatic heterocycles. The predicted octanol–water partition coefficient (Wildman–Crippen LogP) is 10.5. The Morgan fingerprint density at radius 2 is 0.723 bits per heavy atom. The predicted molar refractivity (Wildman–Crippen MR) is 189 cm³/mol. The highest BCUT2D eigenvalue weighted by atomic mass is 79.9. The molecule has 4 N–H and O–H groups in total. The number of phenols is 4. The molecule has 0 spiro atoms. The topological polar surface area (TPSA) is 80.9 Å². The molecule has 0 aromatic heterocycles. The highest BCUT2D eigenvalue weighted by molar-refractivity contribution is 9.10. The third-order valence-corrected chi connectivity index (χ3v) is 16.1. The van der Waals surface area contributed by atoms with Crippen molar-refractivity contribution in [3.8, 4) is 23.0 Å². The lowest BCUT2D eigenvalue weighted by atomic mass is 9.46. The quantitative estimate of drug-likeness (QED) is 0.235. The van der Waals surface area contributed by atoms with Crippen molar-refractivity contribution in [3.63, 3.8) is 0 Å². The highest BCUT2D eigenvalue weighted by Crippen LogP contribution is 2.65. The molecular weight excluding hydrogens is 648 g/mol. The highest BCUT2D eigenvalue weighted by Gasteiger charge is 2.55. The number of halogens is 1. The maximum Gasteiger partial charge on any atom is 0.123 e. The van der Waals surface area contributed by atoms with E-state index in [1.54, 1.807) is 31.4 Å². The average Bonchev–Trinajstić information content (AvgIpc) is 2.95. The Hall–Kier alpha value is -1.88. The third-order valence-electron chi connectivity index (χ3n) is 15.1. The summed E-state index contributed by atoms with van der Waals surface area (Å²) < 4.78 is 0.613. The van der Waals surface area contributed by atoms with E-state index in [2.05, 4.69) is 22.0 Å². The van der Waals surface area contributed by atoms with Gasteiger partial charge in [0.2, 0.25) is 0 Å². The van der Waals surface area contributed by atoms with Crippen LogP contribution in [0, 0.1) is 53.3 Å². The second-order valence-electron chi connectivity index (χ2n) is 18.9. The summed E-state index contributed by atoms with van der Waals surface area (Å²) in [7, 11) is 0. The largest absolute Gasteiger partial charge is 0.508 e. The van der Waals surface area contributed by atoms with Gasteiger partial charge in [-0.05, 0) is 198 Å². The van der Waals surface area contributed by atoms with Crippen molar-refractivity contribution in [2.45, 2.75) is 131 Å². The van der Waals surface area contributed by atoms with Crippen LogP contribution in [0.1, 0.15) is 127 Å². The van der Waals surface area contributed by atoms with Gasteiger partial charge in [0.05, 0.1) is 0 Å². The lowest BCUT2D eigenvalue weighted by molar-refractivity contribution is -0.00956. The molecule has 4 nitrogen and oxygen atoms in total. The molecule has 0 amide bonds. The molecule has 254 valence electrons. The van der Waals surface area contributed by atoms with E-state index in [-0.39, 0.29) is 22.3 Å². The molecule has 0 radical (unpaired) electrons. The molecule has 0 saturated heterocycles. The molecule has 12 aliphatic rings. The van der Waals surface area contributed by atoms with Gasteiger partial charge in [0, 0.05) is 27.6 Å². The van der Waals surface area contributed by atoms with Crippen molar-refractivity contribution in [1.82, 2.24) is 0 Å². The Labute approximate surface area is 289 Å². The molecule has 0 heterocycles. The molecule has 2 aromatic carbocycles. The van der Waals surface area contributed by atoms with Gasteiger partial charge in [0.15, 0.2) is 0 Å². The van der Waals surface area contributed by atoms with E-state index in [1.165, 1.54) is 126 Å².